The van der Waals surface area contributed by atoms with Crippen molar-refractivity contribution in [2.75, 3.05) is 0 Å². The van der Waals surface area contributed by atoms with Crippen LogP contribution < -0.4 is 5.32 Å². The Morgan fingerprint density at radius 3 is 2.53 bits per heavy atom. The molecule has 1 atom stereocenters. The molecule has 0 radical (unpaired) electrons. The molecule has 32 heavy (non-hydrogen) atoms. The van der Waals surface area contributed by atoms with E-state index in [1.807, 2.05) is 60.1 Å². The van der Waals surface area contributed by atoms with Crippen molar-refractivity contribution in [1.29, 1.82) is 5.26 Å². The van der Waals surface area contributed by atoms with Crippen LogP contribution >= 0.6 is 23.6 Å². The van der Waals surface area contributed by atoms with Crippen LogP contribution in [0.25, 0.3) is 16.6 Å². The van der Waals surface area contributed by atoms with Crippen LogP contribution in [0, 0.1) is 11.3 Å². The molecule has 0 saturated heterocycles. The summed E-state index contributed by atoms with van der Waals surface area (Å²) in [5.74, 6) is 0. The average Bonchev–Trinajstić information content (AvgIpc) is 3.49. The van der Waals surface area contributed by atoms with Crippen molar-refractivity contribution in [1.82, 2.24) is 15.1 Å². The second kappa shape index (κ2) is 10.7. The minimum atomic E-state index is 0.0637. The summed E-state index contributed by atoms with van der Waals surface area (Å²) in [5.41, 5.74) is 4.23. The molecule has 4 rings (SSSR count). The zero-order chi connectivity index (χ0) is 22.2. The zero-order valence-electron chi connectivity index (χ0n) is 17.4. The Morgan fingerprint density at radius 2 is 1.84 bits per heavy atom. The van der Waals surface area contributed by atoms with E-state index in [1.165, 1.54) is 11.1 Å². The quantitative estimate of drug-likeness (QED) is 0.260. The number of nitriles is 1. The number of nitrogens with one attached hydrogen (secondary N) is 1. The highest BCUT2D eigenvalue weighted by Gasteiger charge is 2.14. The van der Waals surface area contributed by atoms with Gasteiger partial charge in [0, 0.05) is 11.8 Å². The number of rotatable bonds is 8. The molecule has 2 heterocycles. The molecule has 4 nitrogen and oxygen atoms in total. The molecule has 0 bridgehead atoms. The van der Waals surface area contributed by atoms with Crippen molar-refractivity contribution in [2.45, 2.75) is 19.0 Å². The standard InChI is InChI=1S/C26H22N4S2/c27-15-16-30-19-22(26(29-30)24-12-7-17-32-24)13-14-25(31)28-23(21-10-5-2-6-11-21)18-20-8-3-1-4-9-20/h1-14,17,19,23H,16,18H2,(H,28,31). The third-order valence-electron chi connectivity index (χ3n) is 4.99. The second-order valence-corrected chi connectivity index (χ2v) is 8.65. The van der Waals surface area contributed by atoms with E-state index in [0.29, 0.717) is 4.99 Å². The van der Waals surface area contributed by atoms with E-state index < -0.39 is 0 Å². The minimum absolute atomic E-state index is 0.0637. The molecule has 0 aliphatic rings. The fourth-order valence-electron chi connectivity index (χ4n) is 3.49. The number of hydrogen-bond donors (Lipinski definition) is 1. The number of thiophene rings is 1. The summed E-state index contributed by atoms with van der Waals surface area (Å²) in [5, 5.41) is 19.1. The third kappa shape index (κ3) is 5.58. The molecular formula is C26H22N4S2. The summed E-state index contributed by atoms with van der Waals surface area (Å²) >= 11 is 7.30. The number of aromatic nitrogens is 2. The van der Waals surface area contributed by atoms with Crippen molar-refractivity contribution in [2.24, 2.45) is 0 Å². The first-order valence-corrected chi connectivity index (χ1v) is 11.6. The Morgan fingerprint density at radius 1 is 1.09 bits per heavy atom. The van der Waals surface area contributed by atoms with E-state index in [1.54, 1.807) is 16.0 Å². The van der Waals surface area contributed by atoms with E-state index in [-0.39, 0.29) is 12.6 Å². The van der Waals surface area contributed by atoms with Crippen molar-refractivity contribution >= 4 is 34.6 Å². The molecule has 1 N–H and O–H groups in total. The van der Waals surface area contributed by atoms with Crippen LogP contribution in [0.15, 0.2) is 90.4 Å². The summed E-state index contributed by atoms with van der Waals surface area (Å²) < 4.78 is 1.66. The maximum atomic E-state index is 9.04. The predicted octanol–water partition coefficient (Wildman–Crippen LogP) is 6.05. The van der Waals surface area contributed by atoms with Crippen molar-refractivity contribution < 1.29 is 0 Å². The van der Waals surface area contributed by atoms with Gasteiger partial charge in [-0.3, -0.25) is 4.68 Å². The summed E-state index contributed by atoms with van der Waals surface area (Å²) in [7, 11) is 0. The molecule has 6 heteroatoms. The number of thiocarbonyl (C=S) groups is 1. The molecule has 0 amide bonds. The molecule has 0 aliphatic carbocycles. The van der Waals surface area contributed by atoms with Crippen LogP contribution in [0.3, 0.4) is 0 Å². The van der Waals surface area contributed by atoms with Gasteiger partial charge < -0.3 is 5.32 Å². The van der Waals surface area contributed by atoms with Gasteiger partial charge >= 0.3 is 0 Å². The molecule has 1 unspecified atom stereocenters. The smallest absolute Gasteiger partial charge is 0.128 e. The SMILES string of the molecule is N#CCn1cc(C=CC(=S)NC(Cc2ccccc2)c2ccccc2)c(-c2cccs2)n1. The molecule has 158 valence electrons. The highest BCUT2D eigenvalue weighted by Crippen LogP contribution is 2.27. The van der Waals surface area contributed by atoms with Gasteiger partial charge in [-0.25, -0.2) is 0 Å². The van der Waals surface area contributed by atoms with Gasteiger partial charge in [0.1, 0.15) is 12.2 Å². The van der Waals surface area contributed by atoms with E-state index in [0.717, 1.165) is 22.6 Å². The highest BCUT2D eigenvalue weighted by molar-refractivity contribution is 7.80. The van der Waals surface area contributed by atoms with Gasteiger partial charge in [0.05, 0.1) is 22.0 Å². The van der Waals surface area contributed by atoms with E-state index >= 15 is 0 Å². The summed E-state index contributed by atoms with van der Waals surface area (Å²) in [4.78, 5) is 1.71. The van der Waals surface area contributed by atoms with E-state index in [9.17, 15) is 0 Å². The summed E-state index contributed by atoms with van der Waals surface area (Å²) in [6.45, 7) is 0.210. The van der Waals surface area contributed by atoms with E-state index in [2.05, 4.69) is 52.9 Å². The van der Waals surface area contributed by atoms with Crippen LogP contribution in [0.1, 0.15) is 22.7 Å². The summed E-state index contributed by atoms with van der Waals surface area (Å²) in [6.07, 6.45) is 6.59. The van der Waals surface area contributed by atoms with E-state index in [4.69, 9.17) is 17.5 Å². The molecule has 0 spiro atoms. The maximum Gasteiger partial charge on any atom is 0.128 e. The number of nitrogens with zero attached hydrogens (tertiary/aromatic N) is 3. The topological polar surface area (TPSA) is 53.6 Å². The van der Waals surface area contributed by atoms with Crippen LogP contribution in [0.4, 0.5) is 0 Å². The zero-order valence-corrected chi connectivity index (χ0v) is 19.0. The van der Waals surface area contributed by atoms with Crippen LogP contribution in [0.5, 0.6) is 0 Å². The van der Waals surface area contributed by atoms with Gasteiger partial charge in [0.2, 0.25) is 0 Å². The Labute approximate surface area is 197 Å². The van der Waals surface area contributed by atoms with Crippen molar-refractivity contribution in [3.8, 4) is 16.6 Å². The molecule has 2 aromatic carbocycles. The highest BCUT2D eigenvalue weighted by atomic mass is 32.1. The van der Waals surface area contributed by atoms with Crippen LogP contribution in [0.2, 0.25) is 0 Å². The second-order valence-electron chi connectivity index (χ2n) is 7.26. The van der Waals surface area contributed by atoms with Gasteiger partial charge in [0.15, 0.2) is 0 Å². The van der Waals surface area contributed by atoms with Gasteiger partial charge in [-0.15, -0.1) is 11.3 Å². The van der Waals surface area contributed by atoms with Gasteiger partial charge in [-0.1, -0.05) is 78.9 Å². The Bertz CT molecular complexity index is 1220. The van der Waals surface area contributed by atoms with Gasteiger partial charge in [-0.05, 0) is 41.1 Å². The lowest BCUT2D eigenvalue weighted by Gasteiger charge is -2.20. The Balaban J connectivity index is 1.54. The first kappa shape index (κ1) is 21.7. The van der Waals surface area contributed by atoms with Gasteiger partial charge in [-0.2, -0.15) is 10.4 Å². The lowest BCUT2D eigenvalue weighted by atomic mass is 9.99. The average molecular weight is 455 g/mol. The largest absolute Gasteiger partial charge is 0.369 e. The predicted molar refractivity (Wildman–Crippen MR) is 135 cm³/mol. The fourth-order valence-corrected chi connectivity index (χ4v) is 4.43. The number of benzene rings is 2. The molecule has 2 aromatic heterocycles. The third-order valence-corrected chi connectivity index (χ3v) is 6.12. The van der Waals surface area contributed by atoms with Crippen molar-refractivity contribution in [3.63, 3.8) is 0 Å². The first-order chi connectivity index (χ1) is 15.7. The first-order valence-electron chi connectivity index (χ1n) is 10.3. The lowest BCUT2D eigenvalue weighted by Crippen LogP contribution is -2.27. The van der Waals surface area contributed by atoms with Crippen molar-refractivity contribution in [3.05, 3.63) is 107 Å². The Hall–Kier alpha value is -3.53. The molecule has 0 aliphatic heterocycles. The molecule has 0 fully saturated rings. The van der Waals surface area contributed by atoms with Gasteiger partial charge in [0.25, 0.3) is 0 Å². The van der Waals surface area contributed by atoms with Crippen LogP contribution in [-0.2, 0) is 13.0 Å². The normalized spacial score (nSPS) is 11.8. The van der Waals surface area contributed by atoms with Crippen LogP contribution in [-0.4, -0.2) is 14.8 Å². The minimum Gasteiger partial charge on any atom is -0.369 e. The molecule has 0 saturated carbocycles. The molecular weight excluding hydrogens is 432 g/mol. The fraction of sp³-hybridized carbons (Fsp3) is 0.115. The monoisotopic (exact) mass is 454 g/mol. The maximum absolute atomic E-state index is 9.04. The lowest BCUT2D eigenvalue weighted by molar-refractivity contribution is 0.650. The Kier molecular flexibility index (Phi) is 7.23. The molecule has 4 aromatic rings. The summed E-state index contributed by atoms with van der Waals surface area (Å²) in [6, 6.07) is 27.0. The number of hydrogen-bond acceptors (Lipinski definition) is 4.